The third kappa shape index (κ3) is 4.57. The van der Waals surface area contributed by atoms with E-state index in [0.717, 1.165) is 55.4 Å². The molecule has 1 aliphatic rings. The van der Waals surface area contributed by atoms with E-state index in [0.29, 0.717) is 5.88 Å². The molecule has 0 atom stereocenters. The number of fused-ring (bicyclic) bond motifs is 1. The molecule has 0 unspecified atom stereocenters. The van der Waals surface area contributed by atoms with E-state index in [1.165, 1.54) is 16.7 Å². The van der Waals surface area contributed by atoms with E-state index in [9.17, 15) is 0 Å². The van der Waals surface area contributed by atoms with Crippen LogP contribution in [0.3, 0.4) is 0 Å². The summed E-state index contributed by atoms with van der Waals surface area (Å²) in [5.41, 5.74) is 4.86. The van der Waals surface area contributed by atoms with Crippen molar-refractivity contribution in [3.63, 3.8) is 0 Å². The number of methoxy groups -OCH3 is 2. The van der Waals surface area contributed by atoms with Gasteiger partial charge in [-0.1, -0.05) is 25.1 Å². The van der Waals surface area contributed by atoms with Crippen LogP contribution in [-0.2, 0) is 25.9 Å². The third-order valence-corrected chi connectivity index (χ3v) is 5.49. The molecule has 5 nitrogen and oxygen atoms in total. The first-order valence-electron chi connectivity index (χ1n) is 10.4. The van der Waals surface area contributed by atoms with Crippen molar-refractivity contribution < 1.29 is 14.2 Å². The summed E-state index contributed by atoms with van der Waals surface area (Å²) in [6.45, 7) is 4.76. The molecule has 2 heterocycles. The second-order valence-corrected chi connectivity index (χ2v) is 7.51. The molecule has 5 heteroatoms. The van der Waals surface area contributed by atoms with Crippen molar-refractivity contribution >= 4 is 0 Å². The number of ether oxygens (including phenoxy) is 3. The lowest BCUT2D eigenvalue weighted by Gasteiger charge is -2.29. The Morgan fingerprint density at radius 1 is 0.933 bits per heavy atom. The Labute approximate surface area is 178 Å². The molecule has 0 spiro atoms. The largest absolute Gasteiger partial charge is 0.493 e. The van der Waals surface area contributed by atoms with Crippen molar-refractivity contribution in [2.45, 2.75) is 32.9 Å². The number of rotatable bonds is 7. The van der Waals surface area contributed by atoms with E-state index in [1.807, 2.05) is 24.3 Å². The maximum absolute atomic E-state index is 6.00. The number of nitrogens with zero attached hydrogens (tertiary/aromatic N) is 2. The van der Waals surface area contributed by atoms with Gasteiger partial charge in [0.2, 0.25) is 5.88 Å². The van der Waals surface area contributed by atoms with E-state index in [-0.39, 0.29) is 0 Å². The number of aromatic nitrogens is 1. The van der Waals surface area contributed by atoms with Gasteiger partial charge in [0.05, 0.1) is 19.9 Å². The van der Waals surface area contributed by atoms with Crippen LogP contribution in [0, 0.1) is 0 Å². The van der Waals surface area contributed by atoms with Crippen LogP contribution in [0.4, 0.5) is 0 Å². The monoisotopic (exact) mass is 404 g/mol. The number of benzene rings is 2. The Hall–Kier alpha value is -3.05. The van der Waals surface area contributed by atoms with Gasteiger partial charge in [-0.15, -0.1) is 0 Å². The standard InChI is InChI=1S/C25H28N2O3/c1-4-18-7-5-9-22(13-18)30-25-10-6-8-21(26-25)17-27-12-11-19-14-23(28-2)24(29-3)15-20(19)16-27/h5-10,13-15H,4,11-12,16-17H2,1-3H3. The van der Waals surface area contributed by atoms with Crippen LogP contribution in [-0.4, -0.2) is 30.6 Å². The summed E-state index contributed by atoms with van der Waals surface area (Å²) in [5, 5.41) is 0. The lowest BCUT2D eigenvalue weighted by molar-refractivity contribution is 0.240. The SMILES string of the molecule is CCc1cccc(Oc2cccc(CN3CCc4cc(OC)c(OC)cc4C3)n2)c1. The molecule has 0 amide bonds. The predicted molar refractivity (Wildman–Crippen MR) is 117 cm³/mol. The average Bonchev–Trinajstić information content (AvgIpc) is 2.78. The van der Waals surface area contributed by atoms with Crippen molar-refractivity contribution in [3.8, 4) is 23.1 Å². The van der Waals surface area contributed by atoms with Gasteiger partial charge in [-0.25, -0.2) is 4.98 Å². The topological polar surface area (TPSA) is 43.8 Å². The van der Waals surface area contributed by atoms with Crippen molar-refractivity contribution in [2.75, 3.05) is 20.8 Å². The molecule has 1 aliphatic heterocycles. The second kappa shape index (κ2) is 9.18. The first-order chi connectivity index (χ1) is 14.7. The van der Waals surface area contributed by atoms with Crippen LogP contribution in [0.2, 0.25) is 0 Å². The summed E-state index contributed by atoms with van der Waals surface area (Å²) in [6, 6.07) is 18.3. The molecule has 30 heavy (non-hydrogen) atoms. The van der Waals surface area contributed by atoms with Crippen LogP contribution in [0.1, 0.15) is 29.3 Å². The van der Waals surface area contributed by atoms with E-state index >= 15 is 0 Å². The molecule has 0 N–H and O–H groups in total. The summed E-state index contributed by atoms with van der Waals surface area (Å²) in [5.74, 6) is 3.03. The predicted octanol–water partition coefficient (Wildman–Crippen LogP) is 5.01. The summed E-state index contributed by atoms with van der Waals surface area (Å²) < 4.78 is 16.9. The highest BCUT2D eigenvalue weighted by Crippen LogP contribution is 2.33. The van der Waals surface area contributed by atoms with Crippen molar-refractivity contribution in [1.29, 1.82) is 0 Å². The first kappa shape index (κ1) is 20.2. The average molecular weight is 405 g/mol. The molecular weight excluding hydrogens is 376 g/mol. The molecule has 156 valence electrons. The highest BCUT2D eigenvalue weighted by Gasteiger charge is 2.20. The Balaban J connectivity index is 1.46. The van der Waals surface area contributed by atoms with Gasteiger partial charge in [-0.2, -0.15) is 0 Å². The lowest BCUT2D eigenvalue weighted by atomic mass is 9.98. The Kier molecular flexibility index (Phi) is 6.19. The van der Waals surface area contributed by atoms with Crippen LogP contribution in [0.15, 0.2) is 54.6 Å². The molecule has 2 aromatic carbocycles. The van der Waals surface area contributed by atoms with Crippen LogP contribution in [0.5, 0.6) is 23.1 Å². The van der Waals surface area contributed by atoms with Crippen molar-refractivity contribution in [1.82, 2.24) is 9.88 Å². The fourth-order valence-corrected chi connectivity index (χ4v) is 3.86. The van der Waals surface area contributed by atoms with Crippen molar-refractivity contribution in [2.24, 2.45) is 0 Å². The molecule has 1 aromatic heterocycles. The van der Waals surface area contributed by atoms with Gasteiger partial charge in [-0.3, -0.25) is 4.90 Å². The smallest absolute Gasteiger partial charge is 0.219 e. The summed E-state index contributed by atoms with van der Waals surface area (Å²) >= 11 is 0. The van der Waals surface area contributed by atoms with Gasteiger partial charge in [0.25, 0.3) is 0 Å². The van der Waals surface area contributed by atoms with Gasteiger partial charge in [0.15, 0.2) is 11.5 Å². The molecule has 0 saturated heterocycles. The molecule has 0 bridgehead atoms. The van der Waals surface area contributed by atoms with Crippen molar-refractivity contribution in [3.05, 3.63) is 77.0 Å². The zero-order valence-electron chi connectivity index (χ0n) is 17.9. The van der Waals surface area contributed by atoms with Crippen LogP contribution < -0.4 is 14.2 Å². The number of aryl methyl sites for hydroxylation is 1. The molecule has 4 rings (SSSR count). The Morgan fingerprint density at radius 3 is 2.47 bits per heavy atom. The highest BCUT2D eigenvalue weighted by atomic mass is 16.5. The minimum Gasteiger partial charge on any atom is -0.493 e. The quantitative estimate of drug-likeness (QED) is 0.554. The van der Waals surface area contributed by atoms with Crippen LogP contribution in [0.25, 0.3) is 0 Å². The van der Waals surface area contributed by atoms with E-state index < -0.39 is 0 Å². The Bertz CT molecular complexity index is 1020. The number of hydrogen-bond acceptors (Lipinski definition) is 5. The third-order valence-electron chi connectivity index (χ3n) is 5.49. The lowest BCUT2D eigenvalue weighted by Crippen LogP contribution is -2.30. The summed E-state index contributed by atoms with van der Waals surface area (Å²) in [4.78, 5) is 7.13. The normalized spacial score (nSPS) is 13.6. The van der Waals surface area contributed by atoms with Gasteiger partial charge < -0.3 is 14.2 Å². The van der Waals surface area contributed by atoms with E-state index in [1.54, 1.807) is 14.2 Å². The minimum absolute atomic E-state index is 0.629. The zero-order valence-corrected chi connectivity index (χ0v) is 17.9. The van der Waals surface area contributed by atoms with Gasteiger partial charge >= 0.3 is 0 Å². The highest BCUT2D eigenvalue weighted by molar-refractivity contribution is 5.48. The molecule has 0 fully saturated rings. The molecule has 3 aromatic rings. The summed E-state index contributed by atoms with van der Waals surface area (Å²) in [6.07, 6.45) is 1.97. The number of pyridine rings is 1. The van der Waals surface area contributed by atoms with Gasteiger partial charge in [0.1, 0.15) is 5.75 Å². The fraction of sp³-hybridized carbons (Fsp3) is 0.320. The maximum Gasteiger partial charge on any atom is 0.219 e. The molecule has 0 aliphatic carbocycles. The summed E-state index contributed by atoms with van der Waals surface area (Å²) in [7, 11) is 3.36. The fourth-order valence-electron chi connectivity index (χ4n) is 3.86. The number of hydrogen-bond donors (Lipinski definition) is 0. The van der Waals surface area contributed by atoms with E-state index in [4.69, 9.17) is 19.2 Å². The second-order valence-electron chi connectivity index (χ2n) is 7.51. The minimum atomic E-state index is 0.629. The van der Waals surface area contributed by atoms with E-state index in [2.05, 4.69) is 42.2 Å². The van der Waals surface area contributed by atoms with Crippen LogP contribution >= 0.6 is 0 Å². The molecule has 0 radical (unpaired) electrons. The van der Waals surface area contributed by atoms with Gasteiger partial charge in [0, 0.05) is 25.7 Å². The first-order valence-corrected chi connectivity index (χ1v) is 10.4. The molecule has 0 saturated carbocycles. The Morgan fingerprint density at radius 2 is 1.70 bits per heavy atom. The maximum atomic E-state index is 6.00. The molecular formula is C25H28N2O3. The zero-order chi connectivity index (χ0) is 20.9. The van der Waals surface area contributed by atoms with Gasteiger partial charge in [-0.05, 0) is 59.9 Å².